The maximum atomic E-state index is 6.12. The van der Waals surface area contributed by atoms with Gasteiger partial charge in [0.15, 0.2) is 11.5 Å². The van der Waals surface area contributed by atoms with Crippen LogP contribution in [0.4, 0.5) is 0 Å². The third-order valence-electron chi connectivity index (χ3n) is 4.53. The normalized spacial score (nSPS) is 10.6. The van der Waals surface area contributed by atoms with Crippen LogP contribution < -0.4 is 14.8 Å². The van der Waals surface area contributed by atoms with Gasteiger partial charge in [-0.05, 0) is 24.1 Å². The number of aryl methyl sites for hydroxylation is 1. The molecule has 3 aromatic rings. The zero-order valence-electron chi connectivity index (χ0n) is 16.1. The number of ether oxygens (including phenoxy) is 2. The molecule has 140 valence electrons. The van der Waals surface area contributed by atoms with Crippen LogP contribution in [0.15, 0.2) is 72.8 Å². The minimum atomic E-state index is 0.620. The summed E-state index contributed by atoms with van der Waals surface area (Å²) in [6, 6.07) is 25.0. The monoisotopic (exact) mass is 361 g/mol. The van der Waals surface area contributed by atoms with E-state index >= 15 is 0 Å². The van der Waals surface area contributed by atoms with Gasteiger partial charge in [-0.2, -0.15) is 0 Å². The number of nitrogens with one attached hydrogen (secondary N) is 1. The van der Waals surface area contributed by atoms with Crippen molar-refractivity contribution in [2.24, 2.45) is 0 Å². The zero-order chi connectivity index (χ0) is 18.9. The lowest BCUT2D eigenvalue weighted by molar-refractivity contribution is 0.293. The van der Waals surface area contributed by atoms with Crippen LogP contribution in [0.25, 0.3) is 0 Å². The fourth-order valence-corrected chi connectivity index (χ4v) is 2.99. The van der Waals surface area contributed by atoms with Gasteiger partial charge in [0.2, 0.25) is 0 Å². The standard InChI is InChI=1S/C24H27NO2/c1-19-11-13-21(14-12-19)17-25-18-22-9-6-10-23(26-2)24(22)27-16-15-20-7-4-3-5-8-20/h3-14,25H,15-18H2,1-2H3. The first kappa shape index (κ1) is 19.0. The summed E-state index contributed by atoms with van der Waals surface area (Å²) >= 11 is 0. The van der Waals surface area contributed by atoms with Crippen molar-refractivity contribution in [2.75, 3.05) is 13.7 Å². The molecule has 0 amide bonds. The number of hydrogen-bond acceptors (Lipinski definition) is 3. The quantitative estimate of drug-likeness (QED) is 0.587. The molecule has 0 unspecified atom stereocenters. The highest BCUT2D eigenvalue weighted by Gasteiger charge is 2.10. The average molecular weight is 361 g/mol. The molecule has 0 spiro atoms. The Morgan fingerprint density at radius 2 is 1.56 bits per heavy atom. The summed E-state index contributed by atoms with van der Waals surface area (Å²) in [5, 5.41) is 3.50. The molecule has 0 saturated heterocycles. The molecular formula is C24H27NO2. The van der Waals surface area contributed by atoms with Crippen molar-refractivity contribution in [1.29, 1.82) is 0 Å². The lowest BCUT2D eigenvalue weighted by Crippen LogP contribution is -2.14. The van der Waals surface area contributed by atoms with Gasteiger partial charge in [0.25, 0.3) is 0 Å². The second-order valence-corrected chi connectivity index (χ2v) is 6.62. The summed E-state index contributed by atoms with van der Waals surface area (Å²) in [5.74, 6) is 1.60. The number of rotatable bonds is 9. The smallest absolute Gasteiger partial charge is 0.165 e. The van der Waals surface area contributed by atoms with Gasteiger partial charge in [-0.3, -0.25) is 0 Å². The molecule has 3 aromatic carbocycles. The molecule has 3 rings (SSSR count). The molecule has 1 N–H and O–H groups in total. The van der Waals surface area contributed by atoms with E-state index in [-0.39, 0.29) is 0 Å². The molecule has 3 nitrogen and oxygen atoms in total. The van der Waals surface area contributed by atoms with Gasteiger partial charge in [-0.1, -0.05) is 72.3 Å². The van der Waals surface area contributed by atoms with Crippen LogP contribution >= 0.6 is 0 Å². The molecule has 0 radical (unpaired) electrons. The highest BCUT2D eigenvalue weighted by molar-refractivity contribution is 5.46. The molecule has 3 heteroatoms. The predicted molar refractivity (Wildman–Crippen MR) is 110 cm³/mol. The van der Waals surface area contributed by atoms with Gasteiger partial charge in [0.05, 0.1) is 13.7 Å². The summed E-state index contributed by atoms with van der Waals surface area (Å²) in [5.41, 5.74) is 4.93. The molecule has 0 aliphatic heterocycles. The van der Waals surface area contributed by atoms with Crippen LogP contribution in [0.2, 0.25) is 0 Å². The van der Waals surface area contributed by atoms with Gasteiger partial charge >= 0.3 is 0 Å². The highest BCUT2D eigenvalue weighted by atomic mass is 16.5. The van der Waals surface area contributed by atoms with Crippen LogP contribution in [0.3, 0.4) is 0 Å². The summed E-state index contributed by atoms with van der Waals surface area (Å²) in [6.45, 7) is 4.27. The maximum absolute atomic E-state index is 6.12. The second kappa shape index (κ2) is 9.79. The minimum Gasteiger partial charge on any atom is -0.493 e. The lowest BCUT2D eigenvalue weighted by Gasteiger charge is -2.16. The zero-order valence-corrected chi connectivity index (χ0v) is 16.1. The Morgan fingerprint density at radius 3 is 2.30 bits per heavy atom. The van der Waals surface area contributed by atoms with Crippen molar-refractivity contribution in [3.8, 4) is 11.5 Å². The van der Waals surface area contributed by atoms with Crippen LogP contribution in [0.5, 0.6) is 11.5 Å². The SMILES string of the molecule is COc1cccc(CNCc2ccc(C)cc2)c1OCCc1ccccc1. The topological polar surface area (TPSA) is 30.5 Å². The summed E-state index contributed by atoms with van der Waals surface area (Å²) in [4.78, 5) is 0. The Labute approximate surface area is 162 Å². The van der Waals surface area contributed by atoms with Crippen molar-refractivity contribution >= 4 is 0 Å². The average Bonchev–Trinajstić information content (AvgIpc) is 2.71. The third-order valence-corrected chi connectivity index (χ3v) is 4.53. The second-order valence-electron chi connectivity index (χ2n) is 6.62. The molecule has 0 saturated carbocycles. The molecular weight excluding hydrogens is 334 g/mol. The van der Waals surface area contributed by atoms with Crippen molar-refractivity contribution < 1.29 is 9.47 Å². The molecule has 0 aromatic heterocycles. The van der Waals surface area contributed by atoms with E-state index in [0.717, 1.165) is 36.6 Å². The van der Waals surface area contributed by atoms with E-state index in [0.29, 0.717) is 6.61 Å². The Balaban J connectivity index is 1.61. The number of methoxy groups -OCH3 is 1. The van der Waals surface area contributed by atoms with Crippen molar-refractivity contribution in [1.82, 2.24) is 5.32 Å². The molecule has 0 heterocycles. The van der Waals surface area contributed by atoms with Crippen molar-refractivity contribution in [3.05, 3.63) is 95.1 Å². The van der Waals surface area contributed by atoms with Gasteiger partial charge < -0.3 is 14.8 Å². The van der Waals surface area contributed by atoms with E-state index in [1.807, 2.05) is 18.2 Å². The van der Waals surface area contributed by atoms with Gasteiger partial charge in [-0.25, -0.2) is 0 Å². The van der Waals surface area contributed by atoms with E-state index in [1.54, 1.807) is 7.11 Å². The van der Waals surface area contributed by atoms with E-state index in [9.17, 15) is 0 Å². The molecule has 0 atom stereocenters. The van der Waals surface area contributed by atoms with E-state index in [2.05, 4.69) is 66.8 Å². The first-order valence-corrected chi connectivity index (χ1v) is 9.35. The van der Waals surface area contributed by atoms with E-state index in [1.165, 1.54) is 16.7 Å². The Kier molecular flexibility index (Phi) is 6.89. The van der Waals surface area contributed by atoms with Gasteiger partial charge in [0, 0.05) is 25.1 Å². The molecule has 27 heavy (non-hydrogen) atoms. The Morgan fingerprint density at radius 1 is 0.778 bits per heavy atom. The molecule has 0 fully saturated rings. The Hall–Kier alpha value is -2.78. The number of hydrogen-bond donors (Lipinski definition) is 1. The largest absolute Gasteiger partial charge is 0.493 e. The Bertz CT molecular complexity index is 829. The minimum absolute atomic E-state index is 0.620. The lowest BCUT2D eigenvalue weighted by atomic mass is 10.1. The van der Waals surface area contributed by atoms with Gasteiger partial charge in [-0.15, -0.1) is 0 Å². The van der Waals surface area contributed by atoms with Gasteiger partial charge in [0.1, 0.15) is 0 Å². The van der Waals surface area contributed by atoms with Crippen LogP contribution in [-0.2, 0) is 19.5 Å². The fourth-order valence-electron chi connectivity index (χ4n) is 2.99. The molecule has 0 aliphatic rings. The summed E-state index contributed by atoms with van der Waals surface area (Å²) < 4.78 is 11.6. The molecule has 0 bridgehead atoms. The van der Waals surface area contributed by atoms with E-state index in [4.69, 9.17) is 9.47 Å². The first-order chi connectivity index (χ1) is 13.3. The first-order valence-electron chi connectivity index (χ1n) is 9.35. The number of para-hydroxylation sites is 1. The van der Waals surface area contributed by atoms with Crippen molar-refractivity contribution in [3.63, 3.8) is 0 Å². The predicted octanol–water partition coefficient (Wildman–Crippen LogP) is 4.91. The number of benzene rings is 3. The third kappa shape index (κ3) is 5.60. The highest BCUT2D eigenvalue weighted by Crippen LogP contribution is 2.31. The molecule has 0 aliphatic carbocycles. The summed E-state index contributed by atoms with van der Waals surface area (Å²) in [6.07, 6.45) is 0.870. The fraction of sp³-hybridized carbons (Fsp3) is 0.250. The summed E-state index contributed by atoms with van der Waals surface area (Å²) in [7, 11) is 1.68. The maximum Gasteiger partial charge on any atom is 0.165 e. The van der Waals surface area contributed by atoms with Crippen LogP contribution in [0, 0.1) is 6.92 Å². The van der Waals surface area contributed by atoms with Crippen molar-refractivity contribution in [2.45, 2.75) is 26.4 Å². The van der Waals surface area contributed by atoms with Crippen LogP contribution in [-0.4, -0.2) is 13.7 Å². The van der Waals surface area contributed by atoms with Crippen LogP contribution in [0.1, 0.15) is 22.3 Å². The van der Waals surface area contributed by atoms with E-state index < -0.39 is 0 Å².